The Kier molecular flexibility index (Phi) is 4.09. The maximum atomic E-state index is 5.98. The van der Waals surface area contributed by atoms with Gasteiger partial charge in [0.2, 0.25) is 0 Å². The SMILES string of the molecule is CCc1cc(OC)c2c(c1)C(NOC)C(CC)O2. The van der Waals surface area contributed by atoms with Crippen LogP contribution >= 0.6 is 0 Å². The molecular weight excluding hydrogens is 230 g/mol. The zero-order valence-corrected chi connectivity index (χ0v) is 11.4. The molecule has 0 saturated heterocycles. The van der Waals surface area contributed by atoms with Crippen LogP contribution in [0.4, 0.5) is 0 Å². The molecule has 0 aromatic heterocycles. The molecule has 18 heavy (non-hydrogen) atoms. The molecule has 0 aliphatic carbocycles. The lowest BCUT2D eigenvalue weighted by Crippen LogP contribution is -2.29. The first-order valence-electron chi connectivity index (χ1n) is 6.41. The van der Waals surface area contributed by atoms with Gasteiger partial charge >= 0.3 is 0 Å². The molecular formula is C14H21NO3. The second-order valence-corrected chi connectivity index (χ2v) is 4.43. The summed E-state index contributed by atoms with van der Waals surface area (Å²) in [4.78, 5) is 5.09. The molecule has 0 fully saturated rings. The summed E-state index contributed by atoms with van der Waals surface area (Å²) in [7, 11) is 3.31. The molecule has 0 saturated carbocycles. The fraction of sp³-hybridized carbons (Fsp3) is 0.571. The van der Waals surface area contributed by atoms with Crippen molar-refractivity contribution in [1.82, 2.24) is 5.48 Å². The average molecular weight is 251 g/mol. The second-order valence-electron chi connectivity index (χ2n) is 4.43. The quantitative estimate of drug-likeness (QED) is 0.817. The maximum Gasteiger partial charge on any atom is 0.166 e. The molecule has 0 radical (unpaired) electrons. The lowest BCUT2D eigenvalue weighted by molar-refractivity contribution is 0.0281. The van der Waals surface area contributed by atoms with Crippen LogP contribution in [0.1, 0.15) is 37.4 Å². The van der Waals surface area contributed by atoms with Crippen molar-refractivity contribution in [2.75, 3.05) is 14.2 Å². The number of ether oxygens (including phenoxy) is 2. The smallest absolute Gasteiger partial charge is 0.166 e. The first-order valence-corrected chi connectivity index (χ1v) is 6.41. The molecule has 1 aromatic carbocycles. The topological polar surface area (TPSA) is 39.7 Å². The molecule has 2 atom stereocenters. The lowest BCUT2D eigenvalue weighted by Gasteiger charge is -2.17. The minimum atomic E-state index is 0.0652. The lowest BCUT2D eigenvalue weighted by atomic mass is 9.99. The third-order valence-electron chi connectivity index (χ3n) is 3.39. The Bertz CT molecular complexity index is 420. The molecule has 2 rings (SSSR count). The van der Waals surface area contributed by atoms with E-state index in [1.54, 1.807) is 14.2 Å². The summed E-state index contributed by atoms with van der Waals surface area (Å²) in [6.45, 7) is 4.24. The average Bonchev–Trinajstić information content (AvgIpc) is 2.76. The number of fused-ring (bicyclic) bond motifs is 1. The molecule has 1 aromatic rings. The van der Waals surface area contributed by atoms with E-state index in [9.17, 15) is 0 Å². The summed E-state index contributed by atoms with van der Waals surface area (Å²) in [5, 5.41) is 0. The molecule has 100 valence electrons. The van der Waals surface area contributed by atoms with E-state index < -0.39 is 0 Å². The number of hydrogen-bond acceptors (Lipinski definition) is 4. The van der Waals surface area contributed by atoms with Crippen LogP contribution in [-0.2, 0) is 11.3 Å². The van der Waals surface area contributed by atoms with Crippen molar-refractivity contribution in [1.29, 1.82) is 0 Å². The van der Waals surface area contributed by atoms with E-state index in [0.29, 0.717) is 0 Å². The van der Waals surface area contributed by atoms with Gasteiger partial charge in [-0.25, -0.2) is 0 Å². The summed E-state index contributed by atoms with van der Waals surface area (Å²) in [5.41, 5.74) is 5.39. The maximum absolute atomic E-state index is 5.98. The monoisotopic (exact) mass is 251 g/mol. The molecule has 0 amide bonds. The predicted octanol–water partition coefficient (Wildman–Crippen LogP) is 2.62. The van der Waals surface area contributed by atoms with Crippen LogP contribution in [0.5, 0.6) is 11.5 Å². The molecule has 1 N–H and O–H groups in total. The Morgan fingerprint density at radius 1 is 1.28 bits per heavy atom. The first kappa shape index (κ1) is 13.2. The number of hydroxylamine groups is 1. The van der Waals surface area contributed by atoms with Gasteiger partial charge in [-0.05, 0) is 24.5 Å². The molecule has 2 unspecified atom stereocenters. The number of aryl methyl sites for hydroxylation is 1. The predicted molar refractivity (Wildman–Crippen MR) is 70.0 cm³/mol. The van der Waals surface area contributed by atoms with Gasteiger partial charge in [-0.2, -0.15) is 5.48 Å². The van der Waals surface area contributed by atoms with Gasteiger partial charge in [0.15, 0.2) is 11.5 Å². The van der Waals surface area contributed by atoms with Crippen LogP contribution in [0.2, 0.25) is 0 Å². The van der Waals surface area contributed by atoms with E-state index >= 15 is 0 Å². The van der Waals surface area contributed by atoms with Crippen LogP contribution in [0.3, 0.4) is 0 Å². The number of hydrogen-bond donors (Lipinski definition) is 1. The minimum absolute atomic E-state index is 0.0652. The van der Waals surface area contributed by atoms with Crippen molar-refractivity contribution in [2.24, 2.45) is 0 Å². The summed E-state index contributed by atoms with van der Waals surface area (Å²) >= 11 is 0. The second kappa shape index (κ2) is 5.59. The molecule has 0 spiro atoms. The van der Waals surface area contributed by atoms with E-state index in [2.05, 4.69) is 25.4 Å². The van der Waals surface area contributed by atoms with Crippen molar-refractivity contribution >= 4 is 0 Å². The van der Waals surface area contributed by atoms with Gasteiger partial charge in [0, 0.05) is 5.56 Å². The number of nitrogens with one attached hydrogen (secondary N) is 1. The Hall–Kier alpha value is -1.26. The summed E-state index contributed by atoms with van der Waals surface area (Å²) in [5.74, 6) is 1.65. The van der Waals surface area contributed by atoms with Crippen molar-refractivity contribution in [3.63, 3.8) is 0 Å². The van der Waals surface area contributed by atoms with Crippen LogP contribution in [0.25, 0.3) is 0 Å². The van der Waals surface area contributed by atoms with E-state index in [1.807, 2.05) is 6.07 Å². The molecule has 4 nitrogen and oxygen atoms in total. The normalized spacial score (nSPS) is 21.6. The molecule has 1 heterocycles. The van der Waals surface area contributed by atoms with Crippen LogP contribution in [0, 0.1) is 0 Å². The van der Waals surface area contributed by atoms with Crippen LogP contribution in [0.15, 0.2) is 12.1 Å². The Balaban J connectivity index is 2.44. The Morgan fingerprint density at radius 3 is 2.61 bits per heavy atom. The van der Waals surface area contributed by atoms with Gasteiger partial charge in [-0.1, -0.05) is 19.9 Å². The standard InChI is InChI=1S/C14H21NO3/c1-5-9-7-10-13(15-17-4)11(6-2)18-14(10)12(8-9)16-3/h7-8,11,13,15H,5-6H2,1-4H3. The third kappa shape index (κ3) is 2.18. The van der Waals surface area contributed by atoms with E-state index in [-0.39, 0.29) is 12.1 Å². The fourth-order valence-electron chi connectivity index (χ4n) is 2.40. The van der Waals surface area contributed by atoms with Crippen molar-refractivity contribution in [3.8, 4) is 11.5 Å². The van der Waals surface area contributed by atoms with Gasteiger partial charge in [-0.15, -0.1) is 0 Å². The fourth-order valence-corrected chi connectivity index (χ4v) is 2.40. The van der Waals surface area contributed by atoms with Crippen molar-refractivity contribution in [2.45, 2.75) is 38.8 Å². The number of methoxy groups -OCH3 is 1. The first-order chi connectivity index (χ1) is 8.74. The Morgan fingerprint density at radius 2 is 2.06 bits per heavy atom. The number of rotatable bonds is 5. The summed E-state index contributed by atoms with van der Waals surface area (Å²) < 4.78 is 11.4. The highest BCUT2D eigenvalue weighted by Crippen LogP contribution is 2.45. The minimum Gasteiger partial charge on any atom is -0.493 e. The van der Waals surface area contributed by atoms with Crippen molar-refractivity contribution in [3.05, 3.63) is 23.3 Å². The third-order valence-corrected chi connectivity index (χ3v) is 3.39. The van der Waals surface area contributed by atoms with Gasteiger partial charge < -0.3 is 14.3 Å². The highest BCUT2D eigenvalue weighted by molar-refractivity contribution is 5.53. The highest BCUT2D eigenvalue weighted by Gasteiger charge is 2.35. The zero-order chi connectivity index (χ0) is 13.1. The van der Waals surface area contributed by atoms with E-state index in [1.165, 1.54) is 5.56 Å². The highest BCUT2D eigenvalue weighted by atomic mass is 16.6. The van der Waals surface area contributed by atoms with Crippen LogP contribution in [-0.4, -0.2) is 20.3 Å². The van der Waals surface area contributed by atoms with E-state index in [0.717, 1.165) is 29.9 Å². The summed E-state index contributed by atoms with van der Waals surface area (Å²) in [6.07, 6.45) is 1.97. The van der Waals surface area contributed by atoms with Gasteiger partial charge in [0.1, 0.15) is 6.10 Å². The van der Waals surface area contributed by atoms with Gasteiger partial charge in [-0.3, -0.25) is 0 Å². The van der Waals surface area contributed by atoms with Crippen LogP contribution < -0.4 is 15.0 Å². The zero-order valence-electron chi connectivity index (χ0n) is 11.4. The summed E-state index contributed by atoms with van der Waals surface area (Å²) in [6, 6.07) is 4.28. The molecule has 0 bridgehead atoms. The van der Waals surface area contributed by atoms with Gasteiger partial charge in [0.05, 0.1) is 20.3 Å². The van der Waals surface area contributed by atoms with Crippen molar-refractivity contribution < 1.29 is 14.3 Å². The molecule has 4 heteroatoms. The largest absolute Gasteiger partial charge is 0.493 e. The Labute approximate surface area is 108 Å². The van der Waals surface area contributed by atoms with Gasteiger partial charge in [0.25, 0.3) is 0 Å². The van der Waals surface area contributed by atoms with E-state index in [4.69, 9.17) is 14.3 Å². The molecule has 1 aliphatic rings. The molecule has 1 aliphatic heterocycles. The number of benzene rings is 1.